The molecule has 0 heterocycles. The van der Waals surface area contributed by atoms with Crippen LogP contribution in [-0.4, -0.2) is 0 Å². The Balaban J connectivity index is 1.37. The lowest BCUT2D eigenvalue weighted by Gasteiger charge is -2.29. The van der Waals surface area contributed by atoms with Crippen LogP contribution >= 0.6 is 0 Å². The molecule has 7 aromatic rings. The Morgan fingerprint density at radius 2 is 0.881 bits per heavy atom. The van der Waals surface area contributed by atoms with Gasteiger partial charge >= 0.3 is 0 Å². The third-order valence-electron chi connectivity index (χ3n) is 8.14. The summed E-state index contributed by atoms with van der Waals surface area (Å²) >= 11 is 0. The molecule has 0 amide bonds. The van der Waals surface area contributed by atoms with Crippen LogP contribution in [0.15, 0.2) is 164 Å². The predicted octanol–water partition coefficient (Wildman–Crippen LogP) is 11.4. The first-order chi connectivity index (χ1) is 20.7. The van der Waals surface area contributed by atoms with Gasteiger partial charge in [0.15, 0.2) is 0 Å². The second-order valence-electron chi connectivity index (χ2n) is 10.7. The first-order valence-electron chi connectivity index (χ1n) is 14.4. The van der Waals surface area contributed by atoms with E-state index in [9.17, 15) is 0 Å². The minimum absolute atomic E-state index is 0.941. The van der Waals surface area contributed by atoms with Gasteiger partial charge in [0, 0.05) is 17.1 Å². The molecule has 0 saturated carbocycles. The monoisotopic (exact) mass is 537 g/mol. The fraction of sp³-hybridized carbons (Fsp3) is 0.0244. The average molecular weight is 538 g/mol. The molecule has 0 bridgehead atoms. The van der Waals surface area contributed by atoms with Gasteiger partial charge in [0.1, 0.15) is 0 Å². The maximum atomic E-state index is 4.59. The molecular formula is C41H31N. The maximum Gasteiger partial charge on any atom is 0.0490 e. The number of nitrogens with zero attached hydrogens (tertiary/aromatic N) is 1. The molecule has 0 unspecified atom stereocenters. The second kappa shape index (κ2) is 10.9. The zero-order valence-electron chi connectivity index (χ0n) is 23.7. The summed E-state index contributed by atoms with van der Waals surface area (Å²) in [5, 5.41) is 5.04. The zero-order valence-corrected chi connectivity index (χ0v) is 23.7. The normalized spacial score (nSPS) is 11.1. The highest BCUT2D eigenvalue weighted by Crippen LogP contribution is 2.44. The highest BCUT2D eigenvalue weighted by atomic mass is 15.1. The van der Waals surface area contributed by atoms with Gasteiger partial charge in [0.2, 0.25) is 0 Å². The predicted molar refractivity (Wildman–Crippen MR) is 181 cm³/mol. The van der Waals surface area contributed by atoms with Crippen molar-refractivity contribution >= 4 is 38.6 Å². The molecule has 7 rings (SSSR count). The van der Waals surface area contributed by atoms with Crippen LogP contribution in [0.5, 0.6) is 0 Å². The average Bonchev–Trinajstić information content (AvgIpc) is 3.05. The molecule has 7 aromatic carbocycles. The Labute approximate surface area is 247 Å². The van der Waals surface area contributed by atoms with Crippen molar-refractivity contribution in [1.82, 2.24) is 0 Å². The van der Waals surface area contributed by atoms with Gasteiger partial charge in [0.05, 0.1) is 0 Å². The molecule has 0 aliphatic heterocycles. The first-order valence-corrected chi connectivity index (χ1v) is 14.4. The van der Waals surface area contributed by atoms with Crippen molar-refractivity contribution in [1.29, 1.82) is 0 Å². The van der Waals surface area contributed by atoms with Gasteiger partial charge in [-0.25, -0.2) is 0 Å². The molecule has 0 saturated heterocycles. The standard InChI is InChI=1S/C41H31N/c1-29-15-9-14-24-39(29)42(34-18-7-4-8-19-34)30(2)31-25-27-33(28-26-31)41-37-22-12-10-20-35(37)40(32-16-5-3-6-17-32)36-21-11-13-23-38(36)41/h3-28H,2H2,1H3. The van der Waals surface area contributed by atoms with Crippen molar-refractivity contribution < 1.29 is 0 Å². The molecule has 0 atom stereocenters. The van der Waals surface area contributed by atoms with Gasteiger partial charge in [0.25, 0.3) is 0 Å². The fourth-order valence-corrected chi connectivity index (χ4v) is 6.15. The van der Waals surface area contributed by atoms with Gasteiger partial charge in [-0.2, -0.15) is 0 Å². The second-order valence-corrected chi connectivity index (χ2v) is 10.7. The van der Waals surface area contributed by atoms with Crippen molar-refractivity contribution in [2.45, 2.75) is 6.92 Å². The van der Waals surface area contributed by atoms with Crippen LogP contribution in [0.1, 0.15) is 11.1 Å². The van der Waals surface area contributed by atoms with Crippen LogP contribution in [-0.2, 0) is 0 Å². The van der Waals surface area contributed by atoms with Gasteiger partial charge < -0.3 is 4.90 Å². The van der Waals surface area contributed by atoms with Gasteiger partial charge in [-0.3, -0.25) is 0 Å². The van der Waals surface area contributed by atoms with Gasteiger partial charge in [-0.1, -0.05) is 146 Å². The van der Waals surface area contributed by atoms with E-state index in [2.05, 4.69) is 176 Å². The third kappa shape index (κ3) is 4.46. The van der Waals surface area contributed by atoms with E-state index in [0.717, 1.165) is 22.6 Å². The van der Waals surface area contributed by atoms with Crippen molar-refractivity contribution in [3.8, 4) is 22.3 Å². The molecule has 1 nitrogen and oxygen atoms in total. The number of anilines is 2. The largest absolute Gasteiger partial charge is 0.310 e. The third-order valence-corrected chi connectivity index (χ3v) is 8.14. The summed E-state index contributed by atoms with van der Waals surface area (Å²) < 4.78 is 0. The summed E-state index contributed by atoms with van der Waals surface area (Å²) in [7, 11) is 0. The molecule has 0 aliphatic rings. The highest BCUT2D eigenvalue weighted by Gasteiger charge is 2.19. The molecule has 0 fully saturated rings. The highest BCUT2D eigenvalue weighted by molar-refractivity contribution is 6.21. The van der Waals surface area contributed by atoms with Crippen LogP contribution in [0.2, 0.25) is 0 Å². The van der Waals surface area contributed by atoms with E-state index in [1.165, 1.54) is 49.4 Å². The van der Waals surface area contributed by atoms with E-state index in [1.54, 1.807) is 0 Å². The lowest BCUT2D eigenvalue weighted by Crippen LogP contribution is -2.15. The number of rotatable bonds is 6. The number of hydrogen-bond acceptors (Lipinski definition) is 1. The molecular weight excluding hydrogens is 506 g/mol. The molecule has 0 spiro atoms. The van der Waals surface area contributed by atoms with Crippen LogP contribution < -0.4 is 4.90 Å². The summed E-state index contributed by atoms with van der Waals surface area (Å²) in [4.78, 5) is 2.25. The summed E-state index contributed by atoms with van der Waals surface area (Å²) in [5.41, 5.74) is 10.4. The fourth-order valence-electron chi connectivity index (χ4n) is 6.15. The van der Waals surface area contributed by atoms with Crippen molar-refractivity contribution in [2.24, 2.45) is 0 Å². The summed E-state index contributed by atoms with van der Waals surface area (Å²) in [6.07, 6.45) is 0. The minimum Gasteiger partial charge on any atom is -0.310 e. The Hall–Kier alpha value is -5.40. The van der Waals surface area contributed by atoms with Crippen molar-refractivity contribution in [3.05, 3.63) is 175 Å². The Morgan fingerprint density at radius 3 is 1.40 bits per heavy atom. The summed E-state index contributed by atoms with van der Waals surface area (Å²) in [5.74, 6) is 0. The molecule has 200 valence electrons. The van der Waals surface area contributed by atoms with Gasteiger partial charge in [-0.15, -0.1) is 0 Å². The topological polar surface area (TPSA) is 3.24 Å². The van der Waals surface area contributed by atoms with E-state index in [4.69, 9.17) is 0 Å². The Bertz CT molecular complexity index is 1980. The van der Waals surface area contributed by atoms with Crippen LogP contribution in [0.25, 0.3) is 49.5 Å². The SMILES string of the molecule is C=C(c1ccc(-c2c3ccccc3c(-c3ccccc3)c3ccccc23)cc1)N(c1ccccc1)c1ccccc1C. The quantitative estimate of drug-likeness (QED) is 0.191. The van der Waals surface area contributed by atoms with E-state index in [-0.39, 0.29) is 0 Å². The minimum atomic E-state index is 0.941. The Kier molecular flexibility index (Phi) is 6.62. The smallest absolute Gasteiger partial charge is 0.0490 e. The zero-order chi connectivity index (χ0) is 28.5. The molecule has 0 aromatic heterocycles. The van der Waals surface area contributed by atoms with E-state index < -0.39 is 0 Å². The molecule has 42 heavy (non-hydrogen) atoms. The van der Waals surface area contributed by atoms with Crippen LogP contribution in [0.4, 0.5) is 11.4 Å². The van der Waals surface area contributed by atoms with E-state index in [0.29, 0.717) is 0 Å². The number of hydrogen-bond donors (Lipinski definition) is 0. The number of para-hydroxylation sites is 2. The van der Waals surface area contributed by atoms with Crippen molar-refractivity contribution in [2.75, 3.05) is 4.90 Å². The first kappa shape index (κ1) is 25.6. The number of fused-ring (bicyclic) bond motifs is 2. The van der Waals surface area contributed by atoms with Gasteiger partial charge in [-0.05, 0) is 80.0 Å². The summed E-state index contributed by atoms with van der Waals surface area (Å²) in [6, 6.07) is 56.2. The van der Waals surface area contributed by atoms with E-state index >= 15 is 0 Å². The lowest BCUT2D eigenvalue weighted by atomic mass is 9.86. The number of benzene rings is 7. The number of aryl methyl sites for hydroxylation is 1. The van der Waals surface area contributed by atoms with Crippen LogP contribution in [0, 0.1) is 6.92 Å². The molecule has 0 radical (unpaired) electrons. The molecule has 0 N–H and O–H groups in total. The Morgan fingerprint density at radius 1 is 0.452 bits per heavy atom. The molecule has 1 heteroatoms. The maximum absolute atomic E-state index is 4.59. The summed E-state index contributed by atoms with van der Waals surface area (Å²) in [6.45, 7) is 6.74. The lowest BCUT2D eigenvalue weighted by molar-refractivity contribution is 1.26. The van der Waals surface area contributed by atoms with E-state index in [1.807, 2.05) is 0 Å². The van der Waals surface area contributed by atoms with Crippen molar-refractivity contribution in [3.63, 3.8) is 0 Å². The van der Waals surface area contributed by atoms with Crippen LogP contribution in [0.3, 0.4) is 0 Å². The molecule has 0 aliphatic carbocycles.